The highest BCUT2D eigenvalue weighted by molar-refractivity contribution is 7.09. The van der Waals surface area contributed by atoms with Crippen LogP contribution in [-0.2, 0) is 11.3 Å². The molecule has 4 heteroatoms. The number of rotatable bonds is 7. The van der Waals surface area contributed by atoms with Gasteiger partial charge >= 0.3 is 0 Å². The van der Waals surface area contributed by atoms with Crippen molar-refractivity contribution in [3.05, 3.63) is 22.4 Å². The number of nitrogens with zero attached hydrogens (tertiary/aromatic N) is 1. The largest absolute Gasteiger partial charge is 0.381 e. The van der Waals surface area contributed by atoms with Gasteiger partial charge in [-0.1, -0.05) is 6.07 Å². The molecule has 0 spiro atoms. The minimum absolute atomic E-state index is 0.328. The molecule has 0 bridgehead atoms. The lowest BCUT2D eigenvalue weighted by Crippen LogP contribution is -2.44. The first kappa shape index (κ1) is 13.6. The van der Waals surface area contributed by atoms with Crippen LogP contribution < -0.4 is 5.32 Å². The maximum absolute atomic E-state index is 5.69. The zero-order chi connectivity index (χ0) is 13.1. The maximum Gasteiger partial charge on any atom is 0.0547 e. The van der Waals surface area contributed by atoms with Gasteiger partial charge in [0.25, 0.3) is 0 Å². The highest BCUT2D eigenvalue weighted by Crippen LogP contribution is 2.35. The van der Waals surface area contributed by atoms with Crippen LogP contribution in [0.1, 0.15) is 24.1 Å². The third kappa shape index (κ3) is 3.37. The highest BCUT2D eigenvalue weighted by atomic mass is 32.1. The summed E-state index contributed by atoms with van der Waals surface area (Å²) in [4.78, 5) is 4.18. The maximum atomic E-state index is 5.69. The van der Waals surface area contributed by atoms with Crippen LogP contribution in [0.5, 0.6) is 0 Å². The Morgan fingerprint density at radius 3 is 3.00 bits per heavy atom. The quantitative estimate of drug-likeness (QED) is 0.830. The average Bonchev–Trinajstić information content (AvgIpc) is 2.94. The fourth-order valence-electron chi connectivity index (χ4n) is 3.13. The van der Waals surface area contributed by atoms with Crippen LogP contribution in [0.15, 0.2) is 17.5 Å². The lowest BCUT2D eigenvalue weighted by Gasteiger charge is -2.34. The molecule has 0 amide bonds. The van der Waals surface area contributed by atoms with Crippen LogP contribution in [0.25, 0.3) is 0 Å². The van der Waals surface area contributed by atoms with Gasteiger partial charge in [-0.05, 0) is 37.8 Å². The van der Waals surface area contributed by atoms with Crippen molar-refractivity contribution in [3.8, 4) is 0 Å². The Labute approximate surface area is 119 Å². The molecule has 1 aromatic heterocycles. The lowest BCUT2D eigenvalue weighted by atomic mass is 9.86. The first-order valence-electron chi connectivity index (χ1n) is 7.30. The van der Waals surface area contributed by atoms with E-state index in [1.165, 1.54) is 30.7 Å². The molecule has 1 saturated carbocycles. The van der Waals surface area contributed by atoms with E-state index in [0.29, 0.717) is 5.41 Å². The van der Waals surface area contributed by atoms with Gasteiger partial charge in [0, 0.05) is 42.6 Å². The van der Waals surface area contributed by atoms with Gasteiger partial charge in [0.2, 0.25) is 0 Å². The Kier molecular flexibility index (Phi) is 4.22. The fourth-order valence-corrected chi connectivity index (χ4v) is 3.86. The van der Waals surface area contributed by atoms with Crippen LogP contribution >= 0.6 is 11.3 Å². The smallest absolute Gasteiger partial charge is 0.0547 e. The monoisotopic (exact) mass is 280 g/mol. The fraction of sp³-hybridized carbons (Fsp3) is 0.733. The van der Waals surface area contributed by atoms with E-state index in [9.17, 15) is 0 Å². The first-order chi connectivity index (χ1) is 9.31. The summed E-state index contributed by atoms with van der Waals surface area (Å²) in [6, 6.07) is 5.24. The topological polar surface area (TPSA) is 24.5 Å². The molecule has 3 rings (SSSR count). The summed E-state index contributed by atoms with van der Waals surface area (Å²) >= 11 is 1.88. The molecular formula is C15H24N2OS. The Bertz CT molecular complexity index is 383. The van der Waals surface area contributed by atoms with Gasteiger partial charge in [-0.15, -0.1) is 11.3 Å². The standard InChI is InChI=1S/C15H24N2OS/c1-16-10-15(6-7-18-12-15)11-17(13-4-5-13)9-14-3-2-8-19-14/h2-3,8,13,16H,4-7,9-12H2,1H3. The summed E-state index contributed by atoms with van der Waals surface area (Å²) in [5.74, 6) is 0. The number of thiophene rings is 1. The van der Waals surface area contributed by atoms with Gasteiger partial charge in [0.05, 0.1) is 6.61 Å². The predicted octanol–water partition coefficient (Wildman–Crippen LogP) is 2.34. The van der Waals surface area contributed by atoms with Crippen LogP contribution in [0.4, 0.5) is 0 Å². The van der Waals surface area contributed by atoms with Crippen molar-refractivity contribution in [2.75, 3.05) is 33.4 Å². The van der Waals surface area contributed by atoms with E-state index in [4.69, 9.17) is 4.74 Å². The molecule has 1 atom stereocenters. The molecule has 0 aromatic carbocycles. The van der Waals surface area contributed by atoms with E-state index in [0.717, 1.165) is 32.3 Å². The molecule has 106 valence electrons. The van der Waals surface area contributed by atoms with Gasteiger partial charge in [0.1, 0.15) is 0 Å². The van der Waals surface area contributed by atoms with Crippen molar-refractivity contribution in [1.82, 2.24) is 10.2 Å². The van der Waals surface area contributed by atoms with E-state index in [1.54, 1.807) is 0 Å². The van der Waals surface area contributed by atoms with Crippen LogP contribution in [0.3, 0.4) is 0 Å². The molecule has 2 heterocycles. The molecule has 1 aliphatic heterocycles. The van der Waals surface area contributed by atoms with Crippen molar-refractivity contribution in [1.29, 1.82) is 0 Å². The SMILES string of the molecule is CNCC1(CN(Cc2cccs2)C2CC2)CCOC1. The molecule has 1 aromatic rings. The Morgan fingerprint density at radius 2 is 2.42 bits per heavy atom. The van der Waals surface area contributed by atoms with Gasteiger partial charge in [0.15, 0.2) is 0 Å². The third-order valence-electron chi connectivity index (χ3n) is 4.28. The number of hydrogen-bond acceptors (Lipinski definition) is 4. The van der Waals surface area contributed by atoms with Crippen LogP contribution in [0, 0.1) is 5.41 Å². The average molecular weight is 280 g/mol. The molecular weight excluding hydrogens is 256 g/mol. The van der Waals surface area contributed by atoms with E-state index >= 15 is 0 Å². The van der Waals surface area contributed by atoms with E-state index in [-0.39, 0.29) is 0 Å². The van der Waals surface area contributed by atoms with Crippen LogP contribution in [0.2, 0.25) is 0 Å². The second-order valence-electron chi connectivity index (χ2n) is 6.05. The summed E-state index contributed by atoms with van der Waals surface area (Å²) in [6.07, 6.45) is 3.95. The molecule has 1 aliphatic carbocycles. The Hall–Kier alpha value is -0.420. The second-order valence-corrected chi connectivity index (χ2v) is 7.08. The molecule has 2 fully saturated rings. The molecule has 2 aliphatic rings. The zero-order valence-electron chi connectivity index (χ0n) is 11.7. The van der Waals surface area contributed by atoms with Gasteiger partial charge in [-0.25, -0.2) is 0 Å². The zero-order valence-corrected chi connectivity index (χ0v) is 12.5. The highest BCUT2D eigenvalue weighted by Gasteiger charge is 2.40. The number of ether oxygens (including phenoxy) is 1. The van der Waals surface area contributed by atoms with E-state index in [2.05, 4.69) is 34.8 Å². The lowest BCUT2D eigenvalue weighted by molar-refractivity contribution is 0.103. The Balaban J connectivity index is 1.66. The van der Waals surface area contributed by atoms with Gasteiger partial charge in [-0.2, -0.15) is 0 Å². The molecule has 1 saturated heterocycles. The molecule has 19 heavy (non-hydrogen) atoms. The van der Waals surface area contributed by atoms with Crippen molar-refractivity contribution in [3.63, 3.8) is 0 Å². The van der Waals surface area contributed by atoms with E-state index in [1.807, 2.05) is 11.3 Å². The normalized spacial score (nSPS) is 27.3. The second kappa shape index (κ2) is 5.92. The van der Waals surface area contributed by atoms with Crippen molar-refractivity contribution >= 4 is 11.3 Å². The first-order valence-corrected chi connectivity index (χ1v) is 8.18. The van der Waals surface area contributed by atoms with Gasteiger partial charge < -0.3 is 10.1 Å². The molecule has 1 N–H and O–H groups in total. The van der Waals surface area contributed by atoms with E-state index < -0.39 is 0 Å². The van der Waals surface area contributed by atoms with Gasteiger partial charge in [-0.3, -0.25) is 4.90 Å². The molecule has 1 unspecified atom stereocenters. The number of hydrogen-bond donors (Lipinski definition) is 1. The predicted molar refractivity (Wildman–Crippen MR) is 79.5 cm³/mol. The molecule has 0 radical (unpaired) electrons. The summed E-state index contributed by atoms with van der Waals surface area (Å²) in [7, 11) is 2.06. The van der Waals surface area contributed by atoms with Crippen molar-refractivity contribution in [2.24, 2.45) is 5.41 Å². The van der Waals surface area contributed by atoms with Crippen molar-refractivity contribution < 1.29 is 4.74 Å². The van der Waals surface area contributed by atoms with Crippen molar-refractivity contribution in [2.45, 2.75) is 31.8 Å². The summed E-state index contributed by atoms with van der Waals surface area (Å²) in [6.45, 7) is 5.21. The third-order valence-corrected chi connectivity index (χ3v) is 5.14. The minimum atomic E-state index is 0.328. The molecule has 3 nitrogen and oxygen atoms in total. The Morgan fingerprint density at radius 1 is 1.53 bits per heavy atom. The minimum Gasteiger partial charge on any atom is -0.381 e. The number of nitrogens with one attached hydrogen (secondary N) is 1. The summed E-state index contributed by atoms with van der Waals surface area (Å²) in [5.41, 5.74) is 0.328. The van der Waals surface area contributed by atoms with Crippen LogP contribution in [-0.4, -0.2) is 44.3 Å². The summed E-state index contributed by atoms with van der Waals surface area (Å²) < 4.78 is 5.69. The summed E-state index contributed by atoms with van der Waals surface area (Å²) in [5, 5.41) is 5.55.